The topological polar surface area (TPSA) is 78.3 Å². The van der Waals surface area contributed by atoms with Crippen LogP contribution in [0.15, 0.2) is 42.5 Å². The number of carbonyl (C=O) groups is 1. The highest BCUT2D eigenvalue weighted by Crippen LogP contribution is 2.35. The number of hydrogen-bond acceptors (Lipinski definition) is 5. The lowest BCUT2D eigenvalue weighted by molar-refractivity contribution is 0.0486. The number of benzene rings is 2. The zero-order chi connectivity index (χ0) is 23.4. The average molecular weight is 449 g/mol. The van der Waals surface area contributed by atoms with Crippen LogP contribution in [0.5, 0.6) is 5.75 Å². The van der Waals surface area contributed by atoms with E-state index in [1.807, 2.05) is 52.0 Å². The lowest BCUT2D eigenvalue weighted by Crippen LogP contribution is -2.44. The highest BCUT2D eigenvalue weighted by molar-refractivity contribution is 5.93. The Morgan fingerprint density at radius 2 is 1.82 bits per heavy atom. The van der Waals surface area contributed by atoms with E-state index in [0.29, 0.717) is 37.8 Å². The molecule has 0 unspecified atom stereocenters. The Morgan fingerprint density at radius 3 is 2.48 bits per heavy atom. The maximum absolute atomic E-state index is 13.1. The van der Waals surface area contributed by atoms with Crippen LogP contribution < -0.4 is 10.1 Å². The molecule has 1 saturated heterocycles. The third-order valence-electron chi connectivity index (χ3n) is 6.38. The molecular formula is C26H32N4O3. The van der Waals surface area contributed by atoms with Gasteiger partial charge < -0.3 is 14.8 Å². The molecule has 0 bridgehead atoms. The van der Waals surface area contributed by atoms with E-state index in [4.69, 9.17) is 9.47 Å². The highest BCUT2D eigenvalue weighted by atomic mass is 16.5. The molecule has 174 valence electrons. The normalized spacial score (nSPS) is 15.3. The SMILES string of the molecule is CCOc1ccc(C2(CNC(=O)c3nn(-c4ccc(C)cc4C)nc3C)CCOCC2)cc1. The van der Waals surface area contributed by atoms with E-state index in [1.165, 1.54) is 11.1 Å². The summed E-state index contributed by atoms with van der Waals surface area (Å²) in [5.41, 5.74) is 5.07. The Hall–Kier alpha value is -3.19. The number of aryl methyl sites for hydroxylation is 3. The van der Waals surface area contributed by atoms with Gasteiger partial charge in [-0.25, -0.2) is 0 Å². The second kappa shape index (κ2) is 9.75. The molecule has 1 aromatic heterocycles. The molecule has 2 aromatic carbocycles. The van der Waals surface area contributed by atoms with Crippen LogP contribution in [0, 0.1) is 20.8 Å². The molecule has 0 spiro atoms. The zero-order valence-electron chi connectivity index (χ0n) is 19.9. The summed E-state index contributed by atoms with van der Waals surface area (Å²) in [7, 11) is 0. The fraction of sp³-hybridized carbons (Fsp3) is 0.423. The van der Waals surface area contributed by atoms with E-state index in [2.05, 4.69) is 33.7 Å². The Kier molecular flexibility index (Phi) is 6.79. The molecule has 1 aliphatic heterocycles. The summed E-state index contributed by atoms with van der Waals surface area (Å²) in [4.78, 5) is 14.7. The van der Waals surface area contributed by atoms with Gasteiger partial charge >= 0.3 is 0 Å². The predicted molar refractivity (Wildman–Crippen MR) is 127 cm³/mol. The van der Waals surface area contributed by atoms with E-state index in [-0.39, 0.29) is 11.3 Å². The van der Waals surface area contributed by atoms with Gasteiger partial charge in [-0.1, -0.05) is 29.8 Å². The third-order valence-corrected chi connectivity index (χ3v) is 6.38. The molecule has 1 amide bonds. The van der Waals surface area contributed by atoms with Crippen molar-refractivity contribution in [1.29, 1.82) is 0 Å². The second-order valence-corrected chi connectivity index (χ2v) is 8.75. The zero-order valence-corrected chi connectivity index (χ0v) is 19.9. The van der Waals surface area contributed by atoms with Crippen molar-refractivity contribution in [3.63, 3.8) is 0 Å². The van der Waals surface area contributed by atoms with Gasteiger partial charge in [0, 0.05) is 25.2 Å². The van der Waals surface area contributed by atoms with E-state index in [9.17, 15) is 4.79 Å². The molecule has 0 aliphatic carbocycles. The van der Waals surface area contributed by atoms with Gasteiger partial charge in [-0.2, -0.15) is 9.90 Å². The van der Waals surface area contributed by atoms with Crippen LogP contribution >= 0.6 is 0 Å². The smallest absolute Gasteiger partial charge is 0.273 e. The van der Waals surface area contributed by atoms with Crippen molar-refractivity contribution < 1.29 is 14.3 Å². The summed E-state index contributed by atoms with van der Waals surface area (Å²) in [6.45, 7) is 10.4. The monoisotopic (exact) mass is 448 g/mol. The minimum Gasteiger partial charge on any atom is -0.494 e. The lowest BCUT2D eigenvalue weighted by atomic mass is 9.74. The fourth-order valence-electron chi connectivity index (χ4n) is 4.46. The van der Waals surface area contributed by atoms with Gasteiger partial charge in [0.25, 0.3) is 5.91 Å². The number of nitrogens with one attached hydrogen (secondary N) is 1. The summed E-state index contributed by atoms with van der Waals surface area (Å²) in [6, 6.07) is 14.3. The molecule has 7 heteroatoms. The largest absolute Gasteiger partial charge is 0.494 e. The van der Waals surface area contributed by atoms with Crippen molar-refractivity contribution in [3.05, 3.63) is 70.5 Å². The van der Waals surface area contributed by atoms with Gasteiger partial charge in [0.05, 0.1) is 18.0 Å². The minimum absolute atomic E-state index is 0.184. The second-order valence-electron chi connectivity index (χ2n) is 8.75. The Morgan fingerprint density at radius 1 is 1.09 bits per heavy atom. The molecule has 3 aromatic rings. The van der Waals surface area contributed by atoms with Crippen molar-refractivity contribution in [3.8, 4) is 11.4 Å². The third kappa shape index (κ3) is 4.93. The maximum Gasteiger partial charge on any atom is 0.273 e. The van der Waals surface area contributed by atoms with Crippen molar-refractivity contribution in [1.82, 2.24) is 20.3 Å². The van der Waals surface area contributed by atoms with Crippen LogP contribution in [-0.4, -0.2) is 47.3 Å². The van der Waals surface area contributed by atoms with Gasteiger partial charge in [-0.15, -0.1) is 5.10 Å². The molecule has 33 heavy (non-hydrogen) atoms. The number of hydrogen-bond donors (Lipinski definition) is 1. The highest BCUT2D eigenvalue weighted by Gasteiger charge is 2.35. The summed E-state index contributed by atoms with van der Waals surface area (Å²) < 4.78 is 11.2. The van der Waals surface area contributed by atoms with Crippen molar-refractivity contribution in [2.24, 2.45) is 0 Å². The van der Waals surface area contributed by atoms with E-state index >= 15 is 0 Å². The summed E-state index contributed by atoms with van der Waals surface area (Å²) >= 11 is 0. The summed E-state index contributed by atoms with van der Waals surface area (Å²) in [5, 5.41) is 12.2. The van der Waals surface area contributed by atoms with Crippen LogP contribution in [0.4, 0.5) is 0 Å². The number of nitrogens with zero attached hydrogens (tertiary/aromatic N) is 3. The molecule has 0 radical (unpaired) electrons. The van der Waals surface area contributed by atoms with Crippen LogP contribution in [0.3, 0.4) is 0 Å². The quantitative estimate of drug-likeness (QED) is 0.590. The van der Waals surface area contributed by atoms with Gasteiger partial charge in [-0.05, 0) is 69.9 Å². The van der Waals surface area contributed by atoms with E-state index in [1.54, 1.807) is 4.80 Å². The first-order valence-corrected chi connectivity index (χ1v) is 11.5. The molecule has 7 nitrogen and oxygen atoms in total. The fourth-order valence-corrected chi connectivity index (χ4v) is 4.46. The maximum atomic E-state index is 13.1. The van der Waals surface area contributed by atoms with Crippen LogP contribution in [-0.2, 0) is 10.2 Å². The van der Waals surface area contributed by atoms with Gasteiger partial charge in [0.15, 0.2) is 5.69 Å². The van der Waals surface area contributed by atoms with Crippen molar-refractivity contribution in [2.75, 3.05) is 26.4 Å². The molecule has 0 atom stereocenters. The Bertz CT molecular complexity index is 1120. The summed E-state index contributed by atoms with van der Waals surface area (Å²) in [5.74, 6) is 0.645. The number of carbonyl (C=O) groups excluding carboxylic acids is 1. The lowest BCUT2D eigenvalue weighted by Gasteiger charge is -2.38. The first-order valence-electron chi connectivity index (χ1n) is 11.5. The predicted octanol–water partition coefficient (Wildman–Crippen LogP) is 4.07. The van der Waals surface area contributed by atoms with Crippen LogP contribution in [0.1, 0.15) is 52.6 Å². The number of ether oxygens (including phenoxy) is 2. The first kappa shape index (κ1) is 23.0. The van der Waals surface area contributed by atoms with E-state index < -0.39 is 0 Å². The van der Waals surface area contributed by atoms with Gasteiger partial charge in [0.2, 0.25) is 0 Å². The molecule has 2 heterocycles. The number of aromatic nitrogens is 3. The van der Waals surface area contributed by atoms with E-state index in [0.717, 1.165) is 29.8 Å². The number of rotatable bonds is 7. The standard InChI is InChI=1S/C26H32N4O3/c1-5-33-22-9-7-21(8-10-22)26(12-14-32-15-13-26)17-27-25(31)24-20(4)28-30(29-24)23-11-6-18(2)16-19(23)3/h6-11,16H,5,12-15,17H2,1-4H3,(H,27,31). The van der Waals surface area contributed by atoms with Crippen molar-refractivity contribution >= 4 is 5.91 Å². The number of amides is 1. The molecular weight excluding hydrogens is 416 g/mol. The average Bonchev–Trinajstić information content (AvgIpc) is 3.20. The van der Waals surface area contributed by atoms with Crippen LogP contribution in [0.2, 0.25) is 0 Å². The van der Waals surface area contributed by atoms with Gasteiger partial charge in [0.1, 0.15) is 5.75 Å². The van der Waals surface area contributed by atoms with Crippen molar-refractivity contribution in [2.45, 2.75) is 46.0 Å². The molecule has 0 saturated carbocycles. The molecule has 4 rings (SSSR count). The molecule has 1 fully saturated rings. The Balaban J connectivity index is 1.53. The first-order chi connectivity index (χ1) is 15.9. The Labute approximate surface area is 195 Å². The minimum atomic E-state index is -0.208. The molecule has 1 aliphatic rings. The van der Waals surface area contributed by atoms with Crippen LogP contribution in [0.25, 0.3) is 5.69 Å². The molecule has 1 N–H and O–H groups in total. The summed E-state index contributed by atoms with van der Waals surface area (Å²) in [6.07, 6.45) is 1.69. The van der Waals surface area contributed by atoms with Gasteiger partial charge in [-0.3, -0.25) is 4.79 Å².